The summed E-state index contributed by atoms with van der Waals surface area (Å²) in [6.07, 6.45) is -1.60. The first-order valence-electron chi connectivity index (χ1n) is 9.76. The first kappa shape index (κ1) is 22.2. The summed E-state index contributed by atoms with van der Waals surface area (Å²) in [4.78, 5) is 33.4. The van der Waals surface area contributed by atoms with Crippen molar-refractivity contribution < 1.29 is 17.9 Å². The van der Waals surface area contributed by atoms with E-state index in [1.165, 1.54) is 18.3 Å². The highest BCUT2D eigenvalue weighted by atomic mass is 35.5. The molecule has 0 atom stereocenters. The number of benzene rings is 2. The number of aromatic amines is 1. The molecule has 0 saturated heterocycles. The van der Waals surface area contributed by atoms with Crippen LogP contribution in [0.5, 0.6) is 5.75 Å². The lowest BCUT2D eigenvalue weighted by Crippen LogP contribution is -2.33. The van der Waals surface area contributed by atoms with Gasteiger partial charge in [0.2, 0.25) is 0 Å². The van der Waals surface area contributed by atoms with Gasteiger partial charge in [0.05, 0.1) is 35.1 Å². The minimum absolute atomic E-state index is 0.166. The number of ether oxygens (including phenoxy) is 1. The van der Waals surface area contributed by atoms with Crippen molar-refractivity contribution in [1.29, 1.82) is 0 Å². The standard InChI is InChI=1S/C23H13ClF3N3O3S/c1-33-18-6-13(15(24)7-14(18)23(25,26)27)19-8-16-20(34-19)21(31)30(22(32)29-16)17-10-28-9-11-4-2-3-5-12(11)17/h2-10H,1H3,(H,29,32). The third kappa shape index (κ3) is 3.55. The van der Waals surface area contributed by atoms with Gasteiger partial charge in [-0.2, -0.15) is 13.2 Å². The number of nitrogens with one attached hydrogen (secondary N) is 1. The van der Waals surface area contributed by atoms with Gasteiger partial charge >= 0.3 is 11.9 Å². The van der Waals surface area contributed by atoms with Crippen LogP contribution in [0.4, 0.5) is 13.2 Å². The molecule has 0 spiro atoms. The molecule has 0 bridgehead atoms. The number of thiophene rings is 1. The van der Waals surface area contributed by atoms with Gasteiger partial charge in [0.25, 0.3) is 5.56 Å². The molecule has 0 unspecified atom stereocenters. The number of nitrogens with zero attached hydrogens (tertiary/aromatic N) is 2. The van der Waals surface area contributed by atoms with E-state index in [0.29, 0.717) is 16.0 Å². The van der Waals surface area contributed by atoms with Gasteiger partial charge in [-0.3, -0.25) is 9.78 Å². The number of aromatic nitrogens is 3. The van der Waals surface area contributed by atoms with Crippen LogP contribution in [0.2, 0.25) is 5.02 Å². The molecule has 0 aliphatic rings. The van der Waals surface area contributed by atoms with Crippen molar-refractivity contribution in [3.05, 3.63) is 86.3 Å². The SMILES string of the molecule is COc1cc(-c2cc3[nH]c(=O)n(-c4cncc5ccccc45)c(=O)c3s2)c(Cl)cc1C(F)(F)F. The molecular formula is C23H13ClF3N3O3S. The predicted octanol–water partition coefficient (Wildman–Crippen LogP) is 5.64. The van der Waals surface area contributed by atoms with E-state index in [1.807, 2.05) is 12.1 Å². The second-order valence-corrected chi connectivity index (χ2v) is 8.79. The molecule has 3 heterocycles. The van der Waals surface area contributed by atoms with E-state index in [0.717, 1.165) is 34.5 Å². The number of rotatable bonds is 3. The zero-order valence-corrected chi connectivity index (χ0v) is 18.8. The molecule has 5 aromatic rings. The number of halogens is 4. The lowest BCUT2D eigenvalue weighted by molar-refractivity contribution is -0.138. The molecule has 11 heteroatoms. The second-order valence-electron chi connectivity index (χ2n) is 7.33. The average molecular weight is 504 g/mol. The van der Waals surface area contributed by atoms with Crippen LogP contribution in [0.3, 0.4) is 0 Å². The molecule has 172 valence electrons. The average Bonchev–Trinajstić information content (AvgIpc) is 3.22. The van der Waals surface area contributed by atoms with Crippen molar-refractivity contribution in [3.63, 3.8) is 0 Å². The number of hydrogen-bond donors (Lipinski definition) is 1. The van der Waals surface area contributed by atoms with E-state index in [4.69, 9.17) is 16.3 Å². The van der Waals surface area contributed by atoms with E-state index < -0.39 is 28.7 Å². The summed E-state index contributed by atoms with van der Waals surface area (Å²) in [7, 11) is 1.13. The number of fused-ring (bicyclic) bond motifs is 2. The maximum absolute atomic E-state index is 13.4. The van der Waals surface area contributed by atoms with Crippen molar-refractivity contribution in [3.8, 4) is 21.9 Å². The Morgan fingerprint density at radius 1 is 1.12 bits per heavy atom. The number of hydrogen-bond acceptors (Lipinski definition) is 5. The van der Waals surface area contributed by atoms with Crippen LogP contribution in [0, 0.1) is 0 Å². The fraction of sp³-hybridized carbons (Fsp3) is 0.0870. The Hall–Kier alpha value is -3.63. The molecule has 3 aromatic heterocycles. The lowest BCUT2D eigenvalue weighted by atomic mass is 10.1. The number of H-pyrrole nitrogens is 1. The van der Waals surface area contributed by atoms with E-state index in [1.54, 1.807) is 18.3 Å². The Balaban J connectivity index is 1.73. The third-order valence-corrected chi connectivity index (χ3v) is 6.79. The molecular weight excluding hydrogens is 491 g/mol. The molecule has 6 nitrogen and oxygen atoms in total. The van der Waals surface area contributed by atoms with Gasteiger partial charge in [-0.05, 0) is 18.2 Å². The van der Waals surface area contributed by atoms with Gasteiger partial charge in [0.15, 0.2) is 0 Å². The quantitative estimate of drug-likeness (QED) is 0.346. The Morgan fingerprint density at radius 2 is 1.88 bits per heavy atom. The minimum Gasteiger partial charge on any atom is -0.496 e. The summed E-state index contributed by atoms with van der Waals surface area (Å²) in [5.74, 6) is -0.405. The summed E-state index contributed by atoms with van der Waals surface area (Å²) >= 11 is 7.18. The van der Waals surface area contributed by atoms with Crippen molar-refractivity contribution in [2.45, 2.75) is 6.18 Å². The number of alkyl halides is 3. The van der Waals surface area contributed by atoms with Gasteiger partial charge in [-0.1, -0.05) is 35.9 Å². The Labute approximate surface area is 197 Å². The number of pyridine rings is 1. The van der Waals surface area contributed by atoms with E-state index in [9.17, 15) is 22.8 Å². The van der Waals surface area contributed by atoms with Gasteiger partial charge in [-0.15, -0.1) is 11.3 Å². The normalized spacial score (nSPS) is 11.9. The molecule has 34 heavy (non-hydrogen) atoms. The van der Waals surface area contributed by atoms with Crippen LogP contribution in [0.1, 0.15) is 5.56 Å². The van der Waals surface area contributed by atoms with Crippen molar-refractivity contribution in [1.82, 2.24) is 14.5 Å². The maximum atomic E-state index is 13.4. The smallest absolute Gasteiger partial charge is 0.420 e. The Kier molecular flexibility index (Phi) is 5.22. The van der Waals surface area contributed by atoms with Gasteiger partial charge in [0.1, 0.15) is 10.4 Å². The summed E-state index contributed by atoms with van der Waals surface area (Å²) in [5, 5.41) is 1.25. The van der Waals surface area contributed by atoms with Crippen molar-refractivity contribution in [2.75, 3.05) is 7.11 Å². The van der Waals surface area contributed by atoms with Gasteiger partial charge < -0.3 is 9.72 Å². The zero-order chi connectivity index (χ0) is 24.2. The first-order chi connectivity index (χ1) is 16.2. The Bertz CT molecular complexity index is 1700. The molecule has 0 aliphatic carbocycles. The van der Waals surface area contributed by atoms with Gasteiger partial charge in [-0.25, -0.2) is 9.36 Å². The third-order valence-electron chi connectivity index (χ3n) is 5.32. The summed E-state index contributed by atoms with van der Waals surface area (Å²) in [6.45, 7) is 0. The van der Waals surface area contributed by atoms with Crippen LogP contribution >= 0.6 is 22.9 Å². The molecule has 5 rings (SSSR count). The molecule has 1 N–H and O–H groups in total. The largest absolute Gasteiger partial charge is 0.496 e. The topological polar surface area (TPSA) is 77.0 Å². The van der Waals surface area contributed by atoms with Gasteiger partial charge in [0, 0.05) is 27.4 Å². The van der Waals surface area contributed by atoms with Crippen molar-refractivity contribution in [2.24, 2.45) is 0 Å². The monoisotopic (exact) mass is 503 g/mol. The zero-order valence-electron chi connectivity index (χ0n) is 17.2. The lowest BCUT2D eigenvalue weighted by Gasteiger charge is -2.14. The molecule has 0 aliphatic heterocycles. The maximum Gasteiger partial charge on any atom is 0.420 e. The predicted molar refractivity (Wildman–Crippen MR) is 125 cm³/mol. The van der Waals surface area contributed by atoms with E-state index >= 15 is 0 Å². The summed E-state index contributed by atoms with van der Waals surface area (Å²) in [6, 6.07) is 10.6. The molecule has 0 fully saturated rings. The number of methoxy groups -OCH3 is 1. The van der Waals surface area contributed by atoms with Crippen LogP contribution in [-0.4, -0.2) is 21.6 Å². The van der Waals surface area contributed by atoms with Crippen molar-refractivity contribution >= 4 is 43.9 Å². The molecule has 2 aromatic carbocycles. The summed E-state index contributed by atoms with van der Waals surface area (Å²) < 4.78 is 46.0. The molecule has 0 radical (unpaired) electrons. The van der Waals surface area contributed by atoms with Crippen LogP contribution in [0.25, 0.3) is 37.1 Å². The fourth-order valence-electron chi connectivity index (χ4n) is 3.77. The Morgan fingerprint density at radius 3 is 2.62 bits per heavy atom. The van der Waals surface area contributed by atoms with E-state index in [-0.39, 0.29) is 20.8 Å². The highest BCUT2D eigenvalue weighted by Crippen LogP contribution is 2.43. The minimum atomic E-state index is -4.65. The highest BCUT2D eigenvalue weighted by Gasteiger charge is 2.35. The first-order valence-corrected chi connectivity index (χ1v) is 11.0. The molecule has 0 saturated carbocycles. The molecule has 0 amide bonds. The van der Waals surface area contributed by atoms with Crippen LogP contribution in [-0.2, 0) is 6.18 Å². The highest BCUT2D eigenvalue weighted by molar-refractivity contribution is 7.22. The summed E-state index contributed by atoms with van der Waals surface area (Å²) in [5.41, 5.74) is -1.46. The van der Waals surface area contributed by atoms with Crippen LogP contribution in [0.15, 0.2) is 64.4 Å². The van der Waals surface area contributed by atoms with E-state index in [2.05, 4.69) is 9.97 Å². The van der Waals surface area contributed by atoms with Crippen LogP contribution < -0.4 is 16.0 Å². The second kappa shape index (κ2) is 8.00. The fourth-order valence-corrected chi connectivity index (χ4v) is 5.17.